The summed E-state index contributed by atoms with van der Waals surface area (Å²) in [6, 6.07) is 25.7. The van der Waals surface area contributed by atoms with Crippen molar-refractivity contribution in [1.82, 2.24) is 10.6 Å². The molecule has 0 bridgehead atoms. The molecule has 0 fully saturated rings. The van der Waals surface area contributed by atoms with Crippen LogP contribution in [0.1, 0.15) is 21.5 Å². The molecule has 0 aliphatic rings. The van der Waals surface area contributed by atoms with Crippen molar-refractivity contribution >= 4 is 17.9 Å². The summed E-state index contributed by atoms with van der Waals surface area (Å²) in [5.74, 6) is -0.0773. The Balaban J connectivity index is 1.77. The summed E-state index contributed by atoms with van der Waals surface area (Å²) in [6.07, 6.45) is 1.65. The Labute approximate surface area is 170 Å². The van der Waals surface area contributed by atoms with Crippen LogP contribution in [0.5, 0.6) is 5.75 Å². The van der Waals surface area contributed by atoms with E-state index in [-0.39, 0.29) is 17.5 Å². The lowest BCUT2D eigenvalue weighted by Crippen LogP contribution is -2.34. The largest absolute Gasteiger partial charge is 0.497 e. The first-order valence-electron chi connectivity index (χ1n) is 9.20. The van der Waals surface area contributed by atoms with Gasteiger partial charge >= 0.3 is 0 Å². The minimum absolute atomic E-state index is 0.174. The van der Waals surface area contributed by atoms with E-state index in [1.807, 2.05) is 60.7 Å². The van der Waals surface area contributed by atoms with Gasteiger partial charge in [0.15, 0.2) is 0 Å². The van der Waals surface area contributed by atoms with Crippen LogP contribution in [0.3, 0.4) is 0 Å². The lowest BCUT2D eigenvalue weighted by atomic mass is 10.1. The van der Waals surface area contributed by atoms with Crippen molar-refractivity contribution in [1.29, 1.82) is 0 Å². The third-order valence-corrected chi connectivity index (χ3v) is 4.25. The van der Waals surface area contributed by atoms with Crippen molar-refractivity contribution < 1.29 is 14.3 Å². The first kappa shape index (κ1) is 19.9. The van der Waals surface area contributed by atoms with Gasteiger partial charge in [-0.2, -0.15) is 0 Å². The standard InChI is InChI=1S/C24H22N2O3/c1-29-21-14-12-20(13-15-21)23(27)26-22(16-18-8-4-2-5-9-18)24(28)25-17-19-10-6-3-7-11-19/h2-16H,17H2,1H3,(H,25,28)(H,26,27). The number of amides is 2. The van der Waals surface area contributed by atoms with Gasteiger partial charge in [0.05, 0.1) is 7.11 Å². The maximum Gasteiger partial charge on any atom is 0.268 e. The van der Waals surface area contributed by atoms with Gasteiger partial charge in [0, 0.05) is 12.1 Å². The molecule has 0 saturated carbocycles. The first-order valence-corrected chi connectivity index (χ1v) is 9.20. The summed E-state index contributed by atoms with van der Waals surface area (Å²) in [6.45, 7) is 0.365. The smallest absolute Gasteiger partial charge is 0.268 e. The minimum Gasteiger partial charge on any atom is -0.497 e. The van der Waals surface area contributed by atoms with Crippen LogP contribution >= 0.6 is 0 Å². The zero-order chi connectivity index (χ0) is 20.5. The highest BCUT2D eigenvalue weighted by molar-refractivity contribution is 6.05. The average Bonchev–Trinajstić information content (AvgIpc) is 2.78. The predicted molar refractivity (Wildman–Crippen MR) is 113 cm³/mol. The molecule has 0 aliphatic heterocycles. The Hall–Kier alpha value is -3.86. The van der Waals surface area contributed by atoms with Crippen LogP contribution in [0.4, 0.5) is 0 Å². The lowest BCUT2D eigenvalue weighted by molar-refractivity contribution is -0.117. The van der Waals surface area contributed by atoms with Gasteiger partial charge in [0.2, 0.25) is 0 Å². The molecule has 5 nitrogen and oxygen atoms in total. The molecular formula is C24H22N2O3. The maximum atomic E-state index is 12.8. The Kier molecular flexibility index (Phi) is 6.79. The summed E-state index contributed by atoms with van der Waals surface area (Å²) in [5, 5.41) is 5.58. The summed E-state index contributed by atoms with van der Waals surface area (Å²) in [5.41, 5.74) is 2.39. The van der Waals surface area contributed by atoms with Crippen molar-refractivity contribution in [3.63, 3.8) is 0 Å². The molecule has 5 heteroatoms. The predicted octanol–water partition coefficient (Wildman–Crippen LogP) is 3.78. The third kappa shape index (κ3) is 5.81. The van der Waals surface area contributed by atoms with Crippen LogP contribution in [0.2, 0.25) is 0 Å². The zero-order valence-corrected chi connectivity index (χ0v) is 16.1. The van der Waals surface area contributed by atoms with E-state index in [4.69, 9.17) is 4.74 Å². The fourth-order valence-electron chi connectivity index (χ4n) is 2.68. The average molecular weight is 386 g/mol. The van der Waals surface area contributed by atoms with Crippen molar-refractivity contribution in [2.75, 3.05) is 7.11 Å². The quantitative estimate of drug-likeness (QED) is 0.607. The molecule has 0 aromatic heterocycles. The molecule has 0 spiro atoms. The summed E-state index contributed by atoms with van der Waals surface area (Å²) in [7, 11) is 1.56. The molecule has 3 rings (SSSR count). The van der Waals surface area contributed by atoms with Gasteiger partial charge in [-0.1, -0.05) is 60.7 Å². The van der Waals surface area contributed by atoms with Gasteiger partial charge < -0.3 is 15.4 Å². The maximum absolute atomic E-state index is 12.8. The second-order valence-corrected chi connectivity index (χ2v) is 6.32. The van der Waals surface area contributed by atoms with E-state index in [0.717, 1.165) is 11.1 Å². The van der Waals surface area contributed by atoms with Crippen molar-refractivity contribution in [3.8, 4) is 5.75 Å². The highest BCUT2D eigenvalue weighted by Crippen LogP contribution is 2.12. The number of rotatable bonds is 7. The second kappa shape index (κ2) is 9.90. The van der Waals surface area contributed by atoms with Crippen molar-refractivity contribution in [3.05, 3.63) is 107 Å². The minimum atomic E-state index is -0.371. The zero-order valence-electron chi connectivity index (χ0n) is 16.1. The van der Waals surface area contributed by atoms with Gasteiger partial charge in [-0.25, -0.2) is 0 Å². The monoisotopic (exact) mass is 386 g/mol. The van der Waals surface area contributed by atoms with Gasteiger partial charge in [-0.15, -0.1) is 0 Å². The molecule has 3 aromatic carbocycles. The Morgan fingerprint density at radius 1 is 0.862 bits per heavy atom. The highest BCUT2D eigenvalue weighted by Gasteiger charge is 2.14. The number of hydrogen-bond acceptors (Lipinski definition) is 3. The molecule has 146 valence electrons. The number of hydrogen-bond donors (Lipinski definition) is 2. The normalized spacial score (nSPS) is 10.9. The van der Waals surface area contributed by atoms with Gasteiger partial charge in [0.25, 0.3) is 11.8 Å². The molecule has 2 amide bonds. The van der Waals surface area contributed by atoms with Crippen LogP contribution in [-0.2, 0) is 11.3 Å². The van der Waals surface area contributed by atoms with E-state index in [9.17, 15) is 9.59 Å². The molecule has 3 aromatic rings. The fraction of sp³-hybridized carbons (Fsp3) is 0.0833. The Morgan fingerprint density at radius 2 is 1.48 bits per heavy atom. The Morgan fingerprint density at radius 3 is 2.10 bits per heavy atom. The summed E-state index contributed by atoms with van der Waals surface area (Å²) >= 11 is 0. The number of nitrogens with one attached hydrogen (secondary N) is 2. The van der Waals surface area contributed by atoms with Gasteiger partial charge in [-0.3, -0.25) is 9.59 Å². The number of carbonyl (C=O) groups excluding carboxylic acids is 2. The van der Waals surface area contributed by atoms with Crippen LogP contribution in [0, 0.1) is 0 Å². The number of benzene rings is 3. The van der Waals surface area contributed by atoms with E-state index in [2.05, 4.69) is 10.6 Å². The van der Waals surface area contributed by atoms with E-state index < -0.39 is 0 Å². The summed E-state index contributed by atoms with van der Waals surface area (Å²) in [4.78, 5) is 25.4. The molecule has 0 heterocycles. The van der Waals surface area contributed by atoms with Crippen LogP contribution in [0.15, 0.2) is 90.6 Å². The van der Waals surface area contributed by atoms with E-state index in [1.54, 1.807) is 37.5 Å². The van der Waals surface area contributed by atoms with E-state index in [1.165, 1.54) is 0 Å². The van der Waals surface area contributed by atoms with Crippen LogP contribution < -0.4 is 15.4 Å². The molecule has 2 N–H and O–H groups in total. The number of ether oxygens (including phenoxy) is 1. The highest BCUT2D eigenvalue weighted by atomic mass is 16.5. The van der Waals surface area contributed by atoms with E-state index in [0.29, 0.717) is 17.9 Å². The van der Waals surface area contributed by atoms with E-state index >= 15 is 0 Å². The molecule has 0 atom stereocenters. The fourth-order valence-corrected chi connectivity index (χ4v) is 2.68. The van der Waals surface area contributed by atoms with Crippen LogP contribution in [0.25, 0.3) is 6.08 Å². The van der Waals surface area contributed by atoms with Crippen molar-refractivity contribution in [2.45, 2.75) is 6.54 Å². The number of methoxy groups -OCH3 is 1. The number of carbonyl (C=O) groups is 2. The molecule has 0 radical (unpaired) electrons. The molecule has 0 aliphatic carbocycles. The SMILES string of the molecule is COc1ccc(C(=O)NC(=Cc2ccccc2)C(=O)NCc2ccccc2)cc1. The molecule has 0 unspecified atom stereocenters. The molecular weight excluding hydrogens is 364 g/mol. The van der Waals surface area contributed by atoms with Gasteiger partial charge in [-0.05, 0) is 41.5 Å². The molecule has 29 heavy (non-hydrogen) atoms. The molecule has 0 saturated heterocycles. The third-order valence-electron chi connectivity index (χ3n) is 4.25. The van der Waals surface area contributed by atoms with Crippen LogP contribution in [-0.4, -0.2) is 18.9 Å². The first-order chi connectivity index (χ1) is 14.2. The van der Waals surface area contributed by atoms with Crippen molar-refractivity contribution in [2.24, 2.45) is 0 Å². The second-order valence-electron chi connectivity index (χ2n) is 6.32. The summed E-state index contributed by atoms with van der Waals surface area (Å²) < 4.78 is 5.11. The topological polar surface area (TPSA) is 67.4 Å². The Bertz CT molecular complexity index is 982. The van der Waals surface area contributed by atoms with Gasteiger partial charge in [0.1, 0.15) is 11.4 Å². The lowest BCUT2D eigenvalue weighted by Gasteiger charge is -2.12.